The normalized spacial score (nSPS) is 12.5. The van der Waals surface area contributed by atoms with Crippen molar-refractivity contribution < 1.29 is 27.5 Å². The lowest BCUT2D eigenvalue weighted by atomic mass is 9.92. The topological polar surface area (TPSA) is 55.4 Å². The molecule has 4 aromatic carbocycles. The number of alkyl halides is 3. The van der Waals surface area contributed by atoms with Crippen molar-refractivity contribution >= 4 is 33.4 Å². The Morgan fingerprint density at radius 1 is 0.882 bits per heavy atom. The van der Waals surface area contributed by atoms with E-state index in [1.54, 1.807) is 0 Å². The molecule has 0 radical (unpaired) electrons. The van der Waals surface area contributed by atoms with Crippen LogP contribution in [0.15, 0.2) is 78.9 Å². The van der Waals surface area contributed by atoms with Crippen LogP contribution in [0.3, 0.4) is 0 Å². The van der Waals surface area contributed by atoms with Gasteiger partial charge in [0.05, 0.1) is 19.1 Å². The van der Waals surface area contributed by atoms with E-state index in [4.69, 9.17) is 4.74 Å². The minimum absolute atomic E-state index is 0.170. The van der Waals surface area contributed by atoms with Gasteiger partial charge in [-0.2, -0.15) is 13.2 Å². The van der Waals surface area contributed by atoms with Crippen LogP contribution in [0.1, 0.15) is 16.7 Å². The van der Waals surface area contributed by atoms with E-state index in [0.29, 0.717) is 0 Å². The van der Waals surface area contributed by atoms with Crippen LogP contribution in [-0.2, 0) is 33.3 Å². The van der Waals surface area contributed by atoms with Crippen LogP contribution < -0.4 is 5.32 Å². The first kappa shape index (κ1) is 23.3. The van der Waals surface area contributed by atoms with Crippen molar-refractivity contribution in [2.45, 2.75) is 25.1 Å². The van der Waals surface area contributed by atoms with Crippen molar-refractivity contribution in [2.75, 3.05) is 7.11 Å². The highest BCUT2D eigenvalue weighted by Crippen LogP contribution is 2.31. The largest absolute Gasteiger partial charge is 0.467 e. The van der Waals surface area contributed by atoms with Crippen LogP contribution in [-0.4, -0.2) is 25.0 Å². The summed E-state index contributed by atoms with van der Waals surface area (Å²) in [6.45, 7) is 0. The van der Waals surface area contributed by atoms with Crippen LogP contribution in [0.25, 0.3) is 21.5 Å². The number of hydrogen-bond acceptors (Lipinski definition) is 3. The summed E-state index contributed by atoms with van der Waals surface area (Å²) in [7, 11) is 1.23. The van der Waals surface area contributed by atoms with Crippen LogP contribution in [0, 0.1) is 0 Å². The lowest BCUT2D eigenvalue weighted by Crippen LogP contribution is -2.43. The van der Waals surface area contributed by atoms with Gasteiger partial charge >= 0.3 is 12.1 Å². The molecule has 0 spiro atoms. The van der Waals surface area contributed by atoms with Crippen LogP contribution in [0.5, 0.6) is 0 Å². The number of hydrogen-bond donors (Lipinski definition) is 1. The molecule has 1 N–H and O–H groups in total. The predicted molar refractivity (Wildman–Crippen MR) is 124 cm³/mol. The number of benzene rings is 4. The molecule has 1 atom stereocenters. The quantitative estimate of drug-likeness (QED) is 0.304. The fraction of sp³-hybridized carbons (Fsp3) is 0.185. The molecule has 0 aromatic heterocycles. The summed E-state index contributed by atoms with van der Waals surface area (Å²) >= 11 is 0. The minimum atomic E-state index is -4.50. The second kappa shape index (κ2) is 9.55. The highest BCUT2D eigenvalue weighted by atomic mass is 19.4. The first-order chi connectivity index (χ1) is 16.3. The van der Waals surface area contributed by atoms with E-state index in [-0.39, 0.29) is 18.4 Å². The van der Waals surface area contributed by atoms with Gasteiger partial charge < -0.3 is 10.1 Å². The number of halogens is 3. The number of esters is 1. The average molecular weight is 465 g/mol. The molecule has 0 heterocycles. The minimum Gasteiger partial charge on any atom is -0.467 e. The standard InChI is InChI=1S/C27H22F3NO3/c1-34-26(33)24(31-25(32)14-17-7-6-10-20(13-17)27(28,29)30)16-23-21-11-4-2-8-18(21)15-19-9-3-5-12-22(19)23/h2-13,15,24H,14,16H2,1H3,(H,31,32)/t24-/m0/s1. The fourth-order valence-corrected chi connectivity index (χ4v) is 4.16. The maximum absolute atomic E-state index is 13.0. The molecular weight excluding hydrogens is 443 g/mol. The second-order valence-electron chi connectivity index (χ2n) is 8.02. The van der Waals surface area contributed by atoms with E-state index in [0.717, 1.165) is 39.2 Å². The van der Waals surface area contributed by atoms with Gasteiger partial charge in [0.25, 0.3) is 0 Å². The molecule has 0 bridgehead atoms. The van der Waals surface area contributed by atoms with Gasteiger partial charge in [-0.15, -0.1) is 0 Å². The lowest BCUT2D eigenvalue weighted by molar-refractivity contribution is -0.145. The van der Waals surface area contributed by atoms with Crippen LogP contribution in [0.2, 0.25) is 0 Å². The van der Waals surface area contributed by atoms with E-state index in [1.165, 1.54) is 19.2 Å². The maximum atomic E-state index is 13.0. The highest BCUT2D eigenvalue weighted by Gasteiger charge is 2.30. The summed E-state index contributed by atoms with van der Waals surface area (Å²) in [5.74, 6) is -1.20. The average Bonchev–Trinajstić information content (AvgIpc) is 2.82. The molecule has 0 aliphatic heterocycles. The molecule has 1 amide bonds. The van der Waals surface area contributed by atoms with Gasteiger partial charge in [0.2, 0.25) is 5.91 Å². The van der Waals surface area contributed by atoms with E-state index >= 15 is 0 Å². The van der Waals surface area contributed by atoms with Crippen molar-refractivity contribution in [3.8, 4) is 0 Å². The van der Waals surface area contributed by atoms with Crippen molar-refractivity contribution in [1.29, 1.82) is 0 Å². The number of carbonyl (C=O) groups is 2. The van der Waals surface area contributed by atoms with Crippen molar-refractivity contribution in [3.63, 3.8) is 0 Å². The van der Waals surface area contributed by atoms with Crippen LogP contribution >= 0.6 is 0 Å². The fourth-order valence-electron chi connectivity index (χ4n) is 4.16. The summed E-state index contributed by atoms with van der Waals surface area (Å²) < 4.78 is 43.9. The first-order valence-corrected chi connectivity index (χ1v) is 10.7. The van der Waals surface area contributed by atoms with Gasteiger partial charge in [-0.25, -0.2) is 4.79 Å². The number of methoxy groups -OCH3 is 1. The smallest absolute Gasteiger partial charge is 0.416 e. The van der Waals surface area contributed by atoms with Gasteiger partial charge in [0.1, 0.15) is 6.04 Å². The van der Waals surface area contributed by atoms with Crippen molar-refractivity contribution in [1.82, 2.24) is 5.32 Å². The maximum Gasteiger partial charge on any atom is 0.416 e. The zero-order chi connectivity index (χ0) is 24.3. The summed E-state index contributed by atoms with van der Waals surface area (Å²) in [6.07, 6.45) is -4.63. The number of fused-ring (bicyclic) bond motifs is 2. The number of carbonyl (C=O) groups excluding carboxylic acids is 2. The predicted octanol–water partition coefficient (Wildman–Crippen LogP) is 5.45. The number of nitrogens with one attached hydrogen (secondary N) is 1. The molecule has 0 saturated carbocycles. The number of amides is 1. The van der Waals surface area contributed by atoms with Crippen molar-refractivity contribution in [2.24, 2.45) is 0 Å². The van der Waals surface area contributed by atoms with Gasteiger partial charge in [-0.3, -0.25) is 4.79 Å². The van der Waals surface area contributed by atoms with Gasteiger partial charge in [0.15, 0.2) is 0 Å². The third-order valence-corrected chi connectivity index (χ3v) is 5.73. The SMILES string of the molecule is COC(=O)[C@H](Cc1c2ccccc2cc2ccccc12)NC(=O)Cc1cccc(C(F)(F)F)c1. The first-order valence-electron chi connectivity index (χ1n) is 10.7. The molecule has 7 heteroatoms. The zero-order valence-electron chi connectivity index (χ0n) is 18.4. The Hall–Kier alpha value is -3.87. The molecule has 0 aliphatic rings. The number of rotatable bonds is 6. The Labute approximate surface area is 194 Å². The molecule has 0 fully saturated rings. The van der Waals surface area contributed by atoms with E-state index in [2.05, 4.69) is 11.4 Å². The molecule has 0 aliphatic carbocycles. The molecule has 34 heavy (non-hydrogen) atoms. The third-order valence-electron chi connectivity index (χ3n) is 5.73. The number of ether oxygens (including phenoxy) is 1. The molecule has 0 saturated heterocycles. The molecule has 4 rings (SSSR count). The summed E-state index contributed by atoms with van der Waals surface area (Å²) in [6, 6.07) is 21.2. The molecule has 0 unspecified atom stereocenters. The molecule has 4 aromatic rings. The van der Waals surface area contributed by atoms with Gasteiger partial charge in [0, 0.05) is 6.42 Å². The summed E-state index contributed by atoms with van der Waals surface area (Å²) in [4.78, 5) is 25.3. The third kappa shape index (κ3) is 5.03. The van der Waals surface area contributed by atoms with E-state index in [9.17, 15) is 22.8 Å². The molecular formula is C27H22F3NO3. The Morgan fingerprint density at radius 2 is 1.50 bits per heavy atom. The second-order valence-corrected chi connectivity index (χ2v) is 8.02. The van der Waals surface area contributed by atoms with E-state index in [1.807, 2.05) is 48.5 Å². The molecule has 174 valence electrons. The Balaban J connectivity index is 1.63. The lowest BCUT2D eigenvalue weighted by Gasteiger charge is -2.19. The highest BCUT2D eigenvalue weighted by molar-refractivity contribution is 6.02. The summed E-state index contributed by atoms with van der Waals surface area (Å²) in [5, 5.41) is 6.54. The Morgan fingerprint density at radius 3 is 2.09 bits per heavy atom. The van der Waals surface area contributed by atoms with Crippen molar-refractivity contribution in [3.05, 3.63) is 95.6 Å². The van der Waals surface area contributed by atoms with Crippen LogP contribution in [0.4, 0.5) is 13.2 Å². The summed E-state index contributed by atoms with van der Waals surface area (Å²) in [5.41, 5.74) is 0.250. The Bertz CT molecular complexity index is 1310. The van der Waals surface area contributed by atoms with Gasteiger partial charge in [-0.05, 0) is 44.8 Å². The monoisotopic (exact) mass is 465 g/mol. The zero-order valence-corrected chi connectivity index (χ0v) is 18.4. The Kier molecular flexibility index (Phi) is 6.54. The van der Waals surface area contributed by atoms with E-state index < -0.39 is 29.7 Å². The van der Waals surface area contributed by atoms with Gasteiger partial charge in [-0.1, -0.05) is 66.7 Å². The molecule has 4 nitrogen and oxygen atoms in total.